The molecule has 0 bridgehead atoms. The molecule has 0 spiro atoms. The number of rotatable bonds is 8. The van der Waals surface area contributed by atoms with E-state index in [0.717, 1.165) is 6.42 Å². The highest BCUT2D eigenvalue weighted by molar-refractivity contribution is 5.77. The van der Waals surface area contributed by atoms with Crippen molar-refractivity contribution < 1.29 is 9.90 Å². The largest absolute Gasteiger partial charge is 0.480 e. The Morgan fingerprint density at radius 1 is 1.40 bits per heavy atom. The molecule has 90 valence electrons. The number of carbonyl (C=O) groups is 1. The van der Waals surface area contributed by atoms with E-state index in [1.165, 1.54) is 25.7 Å². The minimum atomic E-state index is -1.07. The maximum atomic E-state index is 10.8. The number of aliphatic carboxylic acids is 1. The highest BCUT2D eigenvalue weighted by atomic mass is 16.4. The van der Waals surface area contributed by atoms with Crippen LogP contribution in [0.25, 0.3) is 0 Å². The van der Waals surface area contributed by atoms with Gasteiger partial charge in [-0.15, -0.1) is 0 Å². The number of nitrogens with two attached hydrogens (primary N) is 1. The van der Waals surface area contributed by atoms with Gasteiger partial charge in [0.15, 0.2) is 0 Å². The van der Waals surface area contributed by atoms with Crippen molar-refractivity contribution in [3.63, 3.8) is 0 Å². The van der Waals surface area contributed by atoms with Crippen molar-refractivity contribution in [3.05, 3.63) is 0 Å². The summed E-state index contributed by atoms with van der Waals surface area (Å²) in [7, 11) is 0. The summed E-state index contributed by atoms with van der Waals surface area (Å²) in [6, 6.07) is 0. The molecule has 3 N–H and O–H groups in total. The van der Waals surface area contributed by atoms with Gasteiger partial charge in [0, 0.05) is 0 Å². The Kier molecular flexibility index (Phi) is 6.57. The maximum absolute atomic E-state index is 10.8. The average molecular weight is 215 g/mol. The second kappa shape index (κ2) is 6.83. The molecule has 0 aromatic carbocycles. The average Bonchev–Trinajstić information content (AvgIpc) is 2.11. The van der Waals surface area contributed by atoms with Crippen LogP contribution in [0.3, 0.4) is 0 Å². The minimum Gasteiger partial charge on any atom is -0.480 e. The molecule has 0 saturated heterocycles. The van der Waals surface area contributed by atoms with Crippen LogP contribution >= 0.6 is 0 Å². The molecule has 0 radical (unpaired) electrons. The maximum Gasteiger partial charge on any atom is 0.323 e. The molecule has 0 aromatic heterocycles. The summed E-state index contributed by atoms with van der Waals surface area (Å²) >= 11 is 0. The first-order valence-electron chi connectivity index (χ1n) is 5.92. The van der Waals surface area contributed by atoms with Crippen molar-refractivity contribution in [2.45, 2.75) is 64.8 Å². The lowest BCUT2D eigenvalue weighted by atomic mass is 9.88. The molecular formula is C12H25NO2. The van der Waals surface area contributed by atoms with E-state index in [9.17, 15) is 4.79 Å². The Morgan fingerprint density at radius 3 is 2.47 bits per heavy atom. The monoisotopic (exact) mass is 215 g/mol. The van der Waals surface area contributed by atoms with Gasteiger partial charge >= 0.3 is 5.97 Å². The number of carboxylic acid groups (broad SMARTS) is 1. The van der Waals surface area contributed by atoms with Crippen LogP contribution in [0, 0.1) is 5.92 Å². The van der Waals surface area contributed by atoms with Crippen LogP contribution in [0.2, 0.25) is 0 Å². The molecule has 0 fully saturated rings. The molecule has 0 aromatic rings. The van der Waals surface area contributed by atoms with E-state index in [1.54, 1.807) is 6.92 Å². The SMILES string of the molecule is CCCCCCC(C)CC(C)(N)C(=O)O. The molecule has 0 heterocycles. The Bertz CT molecular complexity index is 190. The lowest BCUT2D eigenvalue weighted by molar-refractivity contribution is -0.143. The number of carboxylic acids is 1. The fourth-order valence-corrected chi connectivity index (χ4v) is 1.83. The third kappa shape index (κ3) is 6.50. The van der Waals surface area contributed by atoms with E-state index in [2.05, 4.69) is 13.8 Å². The van der Waals surface area contributed by atoms with Crippen LogP contribution in [0.15, 0.2) is 0 Å². The van der Waals surface area contributed by atoms with Crippen LogP contribution < -0.4 is 5.73 Å². The normalized spacial score (nSPS) is 17.1. The molecule has 2 unspecified atom stereocenters. The fraction of sp³-hybridized carbons (Fsp3) is 0.917. The molecule has 0 aliphatic heterocycles. The number of hydrogen-bond acceptors (Lipinski definition) is 2. The van der Waals surface area contributed by atoms with Crippen LogP contribution in [-0.4, -0.2) is 16.6 Å². The second-order valence-corrected chi connectivity index (χ2v) is 4.88. The van der Waals surface area contributed by atoms with Crippen molar-refractivity contribution >= 4 is 5.97 Å². The Balaban J connectivity index is 3.73. The highest BCUT2D eigenvalue weighted by Crippen LogP contribution is 2.20. The zero-order valence-corrected chi connectivity index (χ0v) is 10.3. The lowest BCUT2D eigenvalue weighted by Gasteiger charge is -2.23. The van der Waals surface area contributed by atoms with E-state index in [1.807, 2.05) is 0 Å². The zero-order valence-electron chi connectivity index (χ0n) is 10.3. The predicted octanol–water partition coefficient (Wildman–Crippen LogP) is 2.79. The summed E-state index contributed by atoms with van der Waals surface area (Å²) in [6.07, 6.45) is 6.58. The first kappa shape index (κ1) is 14.4. The molecule has 15 heavy (non-hydrogen) atoms. The summed E-state index contributed by atoms with van der Waals surface area (Å²) in [5.41, 5.74) is 4.63. The summed E-state index contributed by atoms with van der Waals surface area (Å²) in [6.45, 7) is 5.86. The van der Waals surface area contributed by atoms with Crippen molar-refractivity contribution in [2.24, 2.45) is 11.7 Å². The van der Waals surface area contributed by atoms with Gasteiger partial charge in [-0.25, -0.2) is 0 Å². The van der Waals surface area contributed by atoms with E-state index in [0.29, 0.717) is 12.3 Å². The molecular weight excluding hydrogens is 190 g/mol. The number of unbranched alkanes of at least 4 members (excludes halogenated alkanes) is 3. The second-order valence-electron chi connectivity index (χ2n) is 4.88. The van der Waals surface area contributed by atoms with Crippen LogP contribution in [0.5, 0.6) is 0 Å². The van der Waals surface area contributed by atoms with Crippen molar-refractivity contribution in [1.29, 1.82) is 0 Å². The van der Waals surface area contributed by atoms with Crippen LogP contribution in [-0.2, 0) is 4.79 Å². The van der Waals surface area contributed by atoms with Gasteiger partial charge in [-0.05, 0) is 19.3 Å². The standard InChI is InChI=1S/C12H25NO2/c1-4-5-6-7-8-10(2)9-12(3,13)11(14)15/h10H,4-9,13H2,1-3H3,(H,14,15). The van der Waals surface area contributed by atoms with E-state index < -0.39 is 11.5 Å². The quantitative estimate of drug-likeness (QED) is 0.612. The smallest absolute Gasteiger partial charge is 0.323 e. The Hall–Kier alpha value is -0.570. The van der Waals surface area contributed by atoms with Crippen molar-refractivity contribution in [1.82, 2.24) is 0 Å². The van der Waals surface area contributed by atoms with Gasteiger partial charge in [0.05, 0.1) is 0 Å². The molecule has 0 saturated carbocycles. The zero-order chi connectivity index (χ0) is 11.9. The van der Waals surface area contributed by atoms with Gasteiger partial charge in [0.2, 0.25) is 0 Å². The topological polar surface area (TPSA) is 63.3 Å². The summed E-state index contributed by atoms with van der Waals surface area (Å²) in [4.78, 5) is 10.8. The van der Waals surface area contributed by atoms with E-state index >= 15 is 0 Å². The first-order chi connectivity index (χ1) is 6.90. The van der Waals surface area contributed by atoms with Gasteiger partial charge in [0.1, 0.15) is 5.54 Å². The van der Waals surface area contributed by atoms with E-state index in [-0.39, 0.29) is 0 Å². The third-order valence-corrected chi connectivity index (χ3v) is 2.81. The Morgan fingerprint density at radius 2 is 2.00 bits per heavy atom. The Labute approximate surface area is 93.0 Å². The molecule has 0 aliphatic carbocycles. The van der Waals surface area contributed by atoms with Gasteiger partial charge in [0.25, 0.3) is 0 Å². The van der Waals surface area contributed by atoms with Crippen molar-refractivity contribution in [3.8, 4) is 0 Å². The molecule has 3 heteroatoms. The minimum absolute atomic E-state index is 0.396. The van der Waals surface area contributed by atoms with E-state index in [4.69, 9.17) is 10.8 Å². The lowest BCUT2D eigenvalue weighted by Crippen LogP contribution is -2.46. The predicted molar refractivity (Wildman–Crippen MR) is 62.8 cm³/mol. The van der Waals surface area contributed by atoms with Crippen LogP contribution in [0.4, 0.5) is 0 Å². The van der Waals surface area contributed by atoms with Crippen molar-refractivity contribution in [2.75, 3.05) is 0 Å². The number of hydrogen-bond donors (Lipinski definition) is 2. The first-order valence-corrected chi connectivity index (χ1v) is 5.92. The van der Waals surface area contributed by atoms with Crippen LogP contribution in [0.1, 0.15) is 59.3 Å². The fourth-order valence-electron chi connectivity index (χ4n) is 1.83. The van der Waals surface area contributed by atoms with Gasteiger partial charge in [-0.1, -0.05) is 46.0 Å². The third-order valence-electron chi connectivity index (χ3n) is 2.81. The molecule has 0 rings (SSSR count). The van der Waals surface area contributed by atoms with Gasteiger partial charge in [-0.2, -0.15) is 0 Å². The highest BCUT2D eigenvalue weighted by Gasteiger charge is 2.29. The summed E-state index contributed by atoms with van der Waals surface area (Å²) in [5, 5.41) is 8.87. The molecule has 0 aliphatic rings. The summed E-state index contributed by atoms with van der Waals surface area (Å²) < 4.78 is 0. The molecule has 3 nitrogen and oxygen atoms in total. The van der Waals surface area contributed by atoms with Gasteiger partial charge in [-0.3, -0.25) is 4.79 Å². The molecule has 0 amide bonds. The summed E-state index contributed by atoms with van der Waals surface area (Å²) in [5.74, 6) is -0.504. The molecule has 2 atom stereocenters. The van der Waals surface area contributed by atoms with Gasteiger partial charge < -0.3 is 10.8 Å².